The van der Waals surface area contributed by atoms with Crippen LogP contribution < -0.4 is 0 Å². The molecule has 2 heterocycles. The van der Waals surface area contributed by atoms with E-state index in [1.54, 1.807) is 0 Å². The van der Waals surface area contributed by atoms with E-state index in [1.807, 2.05) is 0 Å². The Labute approximate surface area is 102 Å². The minimum atomic E-state index is -4.59. The van der Waals surface area contributed by atoms with Crippen LogP contribution in [0.25, 0.3) is 0 Å². The molecule has 0 aromatic carbocycles. The molecule has 0 radical (unpaired) electrons. The topological polar surface area (TPSA) is 35.6 Å². The average Bonchev–Trinajstić information content (AvgIpc) is 2.84. The van der Waals surface area contributed by atoms with Gasteiger partial charge in [-0.15, -0.1) is 0 Å². The van der Waals surface area contributed by atoms with Gasteiger partial charge in [0.25, 0.3) is 0 Å². The molecule has 104 valence electrons. The van der Waals surface area contributed by atoms with Crippen LogP contribution in [0.3, 0.4) is 0 Å². The van der Waals surface area contributed by atoms with Gasteiger partial charge in [-0.3, -0.25) is 9.36 Å². The minimum Gasteiger partial charge on any atom is -0.250 e. The van der Waals surface area contributed by atoms with Crippen molar-refractivity contribution in [3.63, 3.8) is 0 Å². The second-order valence-corrected chi connectivity index (χ2v) is 3.62. The predicted octanol–water partition coefficient (Wildman–Crippen LogP) is 2.62. The third-order valence-electron chi connectivity index (χ3n) is 2.15. The highest BCUT2D eigenvalue weighted by Gasteiger charge is 2.34. The molecule has 0 aliphatic rings. The summed E-state index contributed by atoms with van der Waals surface area (Å²) < 4.78 is 75.2. The summed E-state index contributed by atoms with van der Waals surface area (Å²) >= 11 is 0. The molecule has 0 fully saturated rings. The zero-order valence-corrected chi connectivity index (χ0v) is 9.07. The van der Waals surface area contributed by atoms with E-state index < -0.39 is 23.7 Å². The van der Waals surface area contributed by atoms with Crippen molar-refractivity contribution in [1.82, 2.24) is 19.6 Å². The normalized spacial score (nSPS) is 12.9. The molecule has 2 rings (SSSR count). The van der Waals surface area contributed by atoms with Crippen LogP contribution in [0.1, 0.15) is 11.4 Å². The quantitative estimate of drug-likeness (QED) is 0.795. The monoisotopic (exact) mass is 284 g/mol. The number of hydrogen-bond acceptors (Lipinski definition) is 2. The van der Waals surface area contributed by atoms with Crippen LogP contribution in [-0.2, 0) is 19.0 Å². The second-order valence-electron chi connectivity index (χ2n) is 3.62. The van der Waals surface area contributed by atoms with Crippen molar-refractivity contribution < 1.29 is 26.3 Å². The Morgan fingerprint density at radius 3 is 1.42 bits per heavy atom. The number of alkyl halides is 6. The van der Waals surface area contributed by atoms with E-state index in [0.29, 0.717) is 0 Å². The number of aromatic nitrogens is 4. The first-order valence-electron chi connectivity index (χ1n) is 4.87. The van der Waals surface area contributed by atoms with Gasteiger partial charge in [-0.25, -0.2) is 0 Å². The number of rotatable bonds is 2. The molecule has 10 heteroatoms. The lowest BCUT2D eigenvalue weighted by atomic mass is 10.4. The molecule has 4 nitrogen and oxygen atoms in total. The maximum atomic E-state index is 12.3. The van der Waals surface area contributed by atoms with E-state index in [4.69, 9.17) is 0 Å². The Morgan fingerprint density at radius 2 is 1.16 bits per heavy atom. The van der Waals surface area contributed by atoms with E-state index in [9.17, 15) is 26.3 Å². The highest BCUT2D eigenvalue weighted by molar-refractivity contribution is 5.05. The Hall–Kier alpha value is -2.00. The zero-order valence-electron chi connectivity index (χ0n) is 9.07. The summed E-state index contributed by atoms with van der Waals surface area (Å²) in [6.45, 7) is -0.341. The van der Waals surface area contributed by atoms with Gasteiger partial charge in [-0.2, -0.15) is 36.5 Å². The van der Waals surface area contributed by atoms with Crippen molar-refractivity contribution in [3.8, 4) is 0 Å². The largest absolute Gasteiger partial charge is 0.435 e. The predicted molar refractivity (Wildman–Crippen MR) is 49.9 cm³/mol. The molecule has 19 heavy (non-hydrogen) atoms. The van der Waals surface area contributed by atoms with Gasteiger partial charge in [0.1, 0.15) is 6.67 Å². The Kier molecular flexibility index (Phi) is 3.03. The summed E-state index contributed by atoms with van der Waals surface area (Å²) in [5.41, 5.74) is -2.23. The summed E-state index contributed by atoms with van der Waals surface area (Å²) in [4.78, 5) is 0. The van der Waals surface area contributed by atoms with Gasteiger partial charge < -0.3 is 0 Å². The van der Waals surface area contributed by atoms with E-state index in [2.05, 4.69) is 10.2 Å². The molecule has 0 spiro atoms. The second kappa shape index (κ2) is 4.28. The van der Waals surface area contributed by atoms with Gasteiger partial charge in [-0.05, 0) is 12.1 Å². The Morgan fingerprint density at radius 1 is 0.789 bits per heavy atom. The van der Waals surface area contributed by atoms with Gasteiger partial charge in [0, 0.05) is 12.4 Å². The number of halogens is 6. The highest BCUT2D eigenvalue weighted by Crippen LogP contribution is 2.28. The van der Waals surface area contributed by atoms with Crippen molar-refractivity contribution in [2.75, 3.05) is 0 Å². The maximum absolute atomic E-state index is 12.3. The molecule has 0 atom stereocenters. The van der Waals surface area contributed by atoms with E-state index in [1.165, 1.54) is 0 Å². The lowest BCUT2D eigenvalue weighted by molar-refractivity contribution is -0.142. The summed E-state index contributed by atoms with van der Waals surface area (Å²) in [6.07, 6.45) is -7.16. The van der Waals surface area contributed by atoms with Crippen LogP contribution in [0.2, 0.25) is 0 Å². The standard InChI is InChI=1S/C9H6F6N4/c10-8(11,12)6-1-3-18(16-6)5-19-4-2-7(17-19)9(13,14)15/h1-4H,5H2. The van der Waals surface area contributed by atoms with E-state index in [-0.39, 0.29) is 6.67 Å². The Bertz CT molecular complexity index is 514. The van der Waals surface area contributed by atoms with Crippen LogP contribution in [0.15, 0.2) is 24.5 Å². The van der Waals surface area contributed by atoms with E-state index in [0.717, 1.165) is 33.9 Å². The highest BCUT2D eigenvalue weighted by atomic mass is 19.4. The molecule has 0 unspecified atom stereocenters. The molecule has 2 aromatic heterocycles. The minimum absolute atomic E-state index is 0.341. The summed E-state index contributed by atoms with van der Waals surface area (Å²) in [6, 6.07) is 1.46. The first-order chi connectivity index (χ1) is 8.66. The van der Waals surface area contributed by atoms with Gasteiger partial charge in [0.2, 0.25) is 0 Å². The van der Waals surface area contributed by atoms with Crippen molar-refractivity contribution in [2.45, 2.75) is 19.0 Å². The lowest BCUT2D eigenvalue weighted by Gasteiger charge is -2.04. The summed E-state index contributed by atoms with van der Waals surface area (Å²) in [5.74, 6) is 0. The van der Waals surface area contributed by atoms with Crippen LogP contribution in [0.5, 0.6) is 0 Å². The molecule has 0 amide bonds. The molecular weight excluding hydrogens is 278 g/mol. The van der Waals surface area contributed by atoms with Gasteiger partial charge in [-0.1, -0.05) is 0 Å². The first-order valence-corrected chi connectivity index (χ1v) is 4.87. The van der Waals surface area contributed by atoms with Crippen molar-refractivity contribution in [3.05, 3.63) is 35.9 Å². The van der Waals surface area contributed by atoms with Gasteiger partial charge in [0.05, 0.1) is 0 Å². The molecule has 0 saturated carbocycles. The fraction of sp³-hybridized carbons (Fsp3) is 0.333. The zero-order chi connectivity index (χ0) is 14.3. The van der Waals surface area contributed by atoms with Crippen LogP contribution >= 0.6 is 0 Å². The smallest absolute Gasteiger partial charge is 0.250 e. The van der Waals surface area contributed by atoms with Crippen molar-refractivity contribution >= 4 is 0 Å². The van der Waals surface area contributed by atoms with Gasteiger partial charge in [0.15, 0.2) is 11.4 Å². The molecule has 0 N–H and O–H groups in total. The van der Waals surface area contributed by atoms with E-state index >= 15 is 0 Å². The number of nitrogens with zero attached hydrogens (tertiary/aromatic N) is 4. The summed E-state index contributed by atoms with van der Waals surface area (Å²) in [7, 11) is 0. The van der Waals surface area contributed by atoms with Crippen molar-refractivity contribution in [1.29, 1.82) is 0 Å². The van der Waals surface area contributed by atoms with Gasteiger partial charge >= 0.3 is 12.4 Å². The Balaban J connectivity index is 2.14. The lowest BCUT2D eigenvalue weighted by Crippen LogP contribution is -2.13. The molecular formula is C9H6F6N4. The average molecular weight is 284 g/mol. The molecule has 2 aromatic rings. The number of hydrogen-bond donors (Lipinski definition) is 0. The third kappa shape index (κ3) is 3.06. The third-order valence-corrected chi connectivity index (χ3v) is 2.15. The fourth-order valence-corrected chi connectivity index (χ4v) is 1.33. The molecule has 0 aliphatic carbocycles. The molecule has 0 saturated heterocycles. The molecule has 0 aliphatic heterocycles. The van der Waals surface area contributed by atoms with Crippen molar-refractivity contribution in [2.24, 2.45) is 0 Å². The fourth-order valence-electron chi connectivity index (χ4n) is 1.33. The van der Waals surface area contributed by atoms with Crippen LogP contribution in [0.4, 0.5) is 26.3 Å². The van der Waals surface area contributed by atoms with Crippen LogP contribution in [-0.4, -0.2) is 19.6 Å². The first kappa shape index (κ1) is 13.4. The SMILES string of the molecule is FC(F)(F)c1ccn(Cn2ccc(C(F)(F)F)n2)n1. The van der Waals surface area contributed by atoms with Crippen LogP contribution in [0, 0.1) is 0 Å². The molecule has 0 bridgehead atoms. The summed E-state index contributed by atoms with van der Waals surface area (Å²) in [5, 5.41) is 6.40. The maximum Gasteiger partial charge on any atom is 0.435 e.